The van der Waals surface area contributed by atoms with E-state index >= 15 is 0 Å². The first-order chi connectivity index (χ1) is 12.0. The summed E-state index contributed by atoms with van der Waals surface area (Å²) in [6, 6.07) is 0.119. The van der Waals surface area contributed by atoms with Gasteiger partial charge in [0.2, 0.25) is 5.95 Å². The molecule has 0 spiro atoms. The fraction of sp³-hybridized carbons (Fsp3) is 0.706. The molecule has 138 valence electrons. The normalized spacial score (nSPS) is 24.1. The molecule has 1 aromatic heterocycles. The zero-order chi connectivity index (χ0) is 17.8. The Bertz CT molecular complexity index is 602. The predicted molar refractivity (Wildman–Crippen MR) is 88.4 cm³/mol. The maximum absolute atomic E-state index is 12.3. The van der Waals surface area contributed by atoms with E-state index in [1.54, 1.807) is 0 Å². The SMILES string of the molecule is NC(=O)c1cnc(NC2CCC(OC(F)F)CC2)nc1CC1CCC1. The van der Waals surface area contributed by atoms with Crippen LogP contribution in [0.2, 0.25) is 0 Å². The quantitative estimate of drug-likeness (QED) is 0.786. The molecule has 6 nitrogen and oxygen atoms in total. The first kappa shape index (κ1) is 18.0. The topological polar surface area (TPSA) is 90.1 Å². The van der Waals surface area contributed by atoms with Crippen LogP contribution < -0.4 is 11.1 Å². The molecule has 0 aromatic carbocycles. The second-order valence-electron chi connectivity index (χ2n) is 6.93. The van der Waals surface area contributed by atoms with E-state index in [2.05, 4.69) is 20.0 Å². The summed E-state index contributed by atoms with van der Waals surface area (Å²) < 4.78 is 29.1. The Morgan fingerprint density at radius 2 is 2.00 bits per heavy atom. The molecular formula is C17H24F2N4O2. The largest absolute Gasteiger partial charge is 0.365 e. The molecule has 0 unspecified atom stereocenters. The van der Waals surface area contributed by atoms with E-state index in [0.29, 0.717) is 36.0 Å². The zero-order valence-electron chi connectivity index (χ0n) is 14.1. The molecule has 0 radical (unpaired) electrons. The Morgan fingerprint density at radius 3 is 2.56 bits per heavy atom. The Morgan fingerprint density at radius 1 is 1.28 bits per heavy atom. The van der Waals surface area contributed by atoms with Crippen LogP contribution in [-0.2, 0) is 11.2 Å². The summed E-state index contributed by atoms with van der Waals surface area (Å²) >= 11 is 0. The molecule has 3 N–H and O–H groups in total. The number of primary amides is 1. The molecule has 25 heavy (non-hydrogen) atoms. The third-order valence-corrected chi connectivity index (χ3v) is 5.14. The Hall–Kier alpha value is -1.83. The molecule has 0 bridgehead atoms. The van der Waals surface area contributed by atoms with Gasteiger partial charge in [-0.2, -0.15) is 8.78 Å². The van der Waals surface area contributed by atoms with Crippen molar-refractivity contribution in [2.75, 3.05) is 5.32 Å². The Balaban J connectivity index is 1.60. The van der Waals surface area contributed by atoms with Gasteiger partial charge in [-0.3, -0.25) is 4.79 Å². The monoisotopic (exact) mass is 354 g/mol. The van der Waals surface area contributed by atoms with Gasteiger partial charge < -0.3 is 15.8 Å². The van der Waals surface area contributed by atoms with Crippen molar-refractivity contribution in [1.29, 1.82) is 0 Å². The molecule has 8 heteroatoms. The molecule has 2 fully saturated rings. The van der Waals surface area contributed by atoms with E-state index in [-0.39, 0.29) is 12.1 Å². The number of amides is 1. The summed E-state index contributed by atoms with van der Waals surface area (Å²) in [6.07, 6.45) is 7.96. The molecule has 0 aliphatic heterocycles. The van der Waals surface area contributed by atoms with Crippen molar-refractivity contribution in [3.63, 3.8) is 0 Å². The number of halogens is 2. The van der Waals surface area contributed by atoms with Crippen LogP contribution in [0.1, 0.15) is 61.0 Å². The van der Waals surface area contributed by atoms with Crippen LogP contribution in [-0.4, -0.2) is 34.6 Å². The predicted octanol–water partition coefficient (Wildman–Crippen LogP) is 2.88. The fourth-order valence-electron chi connectivity index (χ4n) is 3.49. The van der Waals surface area contributed by atoms with Crippen LogP contribution in [0.15, 0.2) is 6.20 Å². The van der Waals surface area contributed by atoms with Gasteiger partial charge in [0.15, 0.2) is 0 Å². The lowest BCUT2D eigenvalue weighted by Crippen LogP contribution is -2.31. The lowest BCUT2D eigenvalue weighted by atomic mass is 9.81. The minimum absolute atomic E-state index is 0.119. The van der Waals surface area contributed by atoms with Crippen LogP contribution in [0, 0.1) is 5.92 Å². The van der Waals surface area contributed by atoms with Crippen LogP contribution >= 0.6 is 0 Å². The molecule has 1 amide bonds. The van der Waals surface area contributed by atoms with Crippen molar-refractivity contribution >= 4 is 11.9 Å². The number of hydrogen-bond acceptors (Lipinski definition) is 5. The standard InChI is InChI=1S/C17H24F2N4O2/c18-16(19)25-12-6-4-11(5-7-12)22-17-21-9-13(15(20)24)14(23-17)8-10-2-1-3-10/h9-12,16H,1-8H2,(H2,20,24)(H,21,22,23). The average Bonchev–Trinajstić information content (AvgIpc) is 2.52. The van der Waals surface area contributed by atoms with E-state index in [1.807, 2.05) is 0 Å². The number of nitrogens with two attached hydrogens (primary N) is 1. The van der Waals surface area contributed by atoms with Gasteiger partial charge in [-0.25, -0.2) is 9.97 Å². The van der Waals surface area contributed by atoms with Crippen molar-refractivity contribution in [2.45, 2.75) is 70.1 Å². The fourth-order valence-corrected chi connectivity index (χ4v) is 3.49. The number of aromatic nitrogens is 2. The number of carbonyl (C=O) groups excluding carboxylic acids is 1. The number of hydrogen-bond donors (Lipinski definition) is 2. The van der Waals surface area contributed by atoms with Crippen LogP contribution in [0.4, 0.5) is 14.7 Å². The number of nitrogens with zero attached hydrogens (tertiary/aromatic N) is 2. The Kier molecular flexibility index (Phi) is 5.78. The number of rotatable bonds is 7. The summed E-state index contributed by atoms with van der Waals surface area (Å²) in [5, 5.41) is 3.25. The smallest absolute Gasteiger partial charge is 0.345 e. The first-order valence-corrected chi connectivity index (χ1v) is 8.87. The van der Waals surface area contributed by atoms with Gasteiger partial charge in [-0.05, 0) is 38.0 Å². The number of anilines is 1. The van der Waals surface area contributed by atoms with Crippen molar-refractivity contribution < 1.29 is 18.3 Å². The molecule has 1 heterocycles. The van der Waals surface area contributed by atoms with E-state index in [1.165, 1.54) is 12.6 Å². The minimum Gasteiger partial charge on any atom is -0.365 e. The van der Waals surface area contributed by atoms with Crippen molar-refractivity contribution in [3.05, 3.63) is 17.5 Å². The van der Waals surface area contributed by atoms with Crippen molar-refractivity contribution in [3.8, 4) is 0 Å². The molecule has 1 aromatic rings. The van der Waals surface area contributed by atoms with Crippen molar-refractivity contribution in [1.82, 2.24) is 9.97 Å². The second kappa shape index (κ2) is 8.03. The molecular weight excluding hydrogens is 330 g/mol. The van der Waals surface area contributed by atoms with Gasteiger partial charge >= 0.3 is 6.61 Å². The molecule has 2 saturated carbocycles. The molecule has 3 rings (SSSR count). The van der Waals surface area contributed by atoms with Gasteiger partial charge in [-0.15, -0.1) is 0 Å². The third kappa shape index (κ3) is 4.84. The summed E-state index contributed by atoms with van der Waals surface area (Å²) in [4.78, 5) is 20.3. The van der Waals surface area contributed by atoms with E-state index in [4.69, 9.17) is 5.73 Å². The first-order valence-electron chi connectivity index (χ1n) is 8.87. The lowest BCUT2D eigenvalue weighted by molar-refractivity contribution is -0.169. The van der Waals surface area contributed by atoms with Gasteiger partial charge in [0.1, 0.15) is 0 Å². The van der Waals surface area contributed by atoms with Gasteiger partial charge in [-0.1, -0.05) is 19.3 Å². The van der Waals surface area contributed by atoms with Gasteiger partial charge in [0.25, 0.3) is 5.91 Å². The molecule has 0 saturated heterocycles. The summed E-state index contributed by atoms with van der Waals surface area (Å²) in [5.74, 6) is 0.519. The summed E-state index contributed by atoms with van der Waals surface area (Å²) in [5.41, 5.74) is 6.50. The lowest BCUT2D eigenvalue weighted by Gasteiger charge is -2.29. The maximum atomic E-state index is 12.3. The highest BCUT2D eigenvalue weighted by atomic mass is 19.3. The van der Waals surface area contributed by atoms with Crippen molar-refractivity contribution in [2.24, 2.45) is 11.7 Å². The number of ether oxygens (including phenoxy) is 1. The summed E-state index contributed by atoms with van der Waals surface area (Å²) in [7, 11) is 0. The third-order valence-electron chi connectivity index (χ3n) is 5.14. The van der Waals surface area contributed by atoms with Crippen LogP contribution in [0.3, 0.4) is 0 Å². The number of nitrogens with one attached hydrogen (secondary N) is 1. The Labute approximate surface area is 145 Å². The molecule has 2 aliphatic rings. The number of alkyl halides is 2. The maximum Gasteiger partial charge on any atom is 0.345 e. The van der Waals surface area contributed by atoms with Gasteiger partial charge in [0.05, 0.1) is 17.4 Å². The molecule has 0 atom stereocenters. The number of carbonyl (C=O) groups is 1. The highest BCUT2D eigenvalue weighted by Gasteiger charge is 2.25. The highest BCUT2D eigenvalue weighted by molar-refractivity contribution is 5.93. The zero-order valence-corrected chi connectivity index (χ0v) is 14.1. The van der Waals surface area contributed by atoms with E-state index in [9.17, 15) is 13.6 Å². The highest BCUT2D eigenvalue weighted by Crippen LogP contribution is 2.30. The van der Waals surface area contributed by atoms with E-state index in [0.717, 1.165) is 32.1 Å². The average molecular weight is 354 g/mol. The van der Waals surface area contributed by atoms with Crippen LogP contribution in [0.25, 0.3) is 0 Å². The minimum atomic E-state index is -2.71. The van der Waals surface area contributed by atoms with E-state index < -0.39 is 12.5 Å². The molecule has 2 aliphatic carbocycles. The second-order valence-corrected chi connectivity index (χ2v) is 6.93. The van der Waals surface area contributed by atoms with Crippen LogP contribution in [0.5, 0.6) is 0 Å². The summed E-state index contributed by atoms with van der Waals surface area (Å²) in [6.45, 7) is -2.71. The van der Waals surface area contributed by atoms with Gasteiger partial charge in [0, 0.05) is 12.2 Å².